The molecule has 0 aromatic heterocycles. The van der Waals surface area contributed by atoms with Gasteiger partial charge < -0.3 is 10.6 Å². The van der Waals surface area contributed by atoms with Crippen LogP contribution in [0.15, 0.2) is 18.2 Å². The van der Waals surface area contributed by atoms with Crippen LogP contribution in [0.4, 0.5) is 5.69 Å². The maximum Gasteiger partial charge on any atom is 0.226 e. The molecule has 20 heavy (non-hydrogen) atoms. The van der Waals surface area contributed by atoms with E-state index in [0.717, 1.165) is 5.56 Å². The molecule has 7 heteroatoms. The molecule has 2 N–H and O–H groups in total. The van der Waals surface area contributed by atoms with Gasteiger partial charge in [0.15, 0.2) is 9.84 Å². The summed E-state index contributed by atoms with van der Waals surface area (Å²) in [4.78, 5) is 13.7. The Kier molecular flexibility index (Phi) is 4.25. The number of anilines is 1. The molecule has 5 nitrogen and oxygen atoms in total. The maximum absolute atomic E-state index is 12.2. The fourth-order valence-corrected chi connectivity index (χ4v) is 4.26. The lowest BCUT2D eigenvalue weighted by Crippen LogP contribution is -2.33. The van der Waals surface area contributed by atoms with Crippen molar-refractivity contribution in [3.05, 3.63) is 28.8 Å². The van der Waals surface area contributed by atoms with Crippen molar-refractivity contribution in [1.29, 1.82) is 0 Å². The molecule has 1 aliphatic heterocycles. The molecule has 1 unspecified atom stereocenters. The summed E-state index contributed by atoms with van der Waals surface area (Å²) in [6.07, 6.45) is 0.399. The average molecular weight is 317 g/mol. The van der Waals surface area contributed by atoms with Crippen molar-refractivity contribution < 1.29 is 13.2 Å². The van der Waals surface area contributed by atoms with E-state index in [-0.39, 0.29) is 17.4 Å². The van der Waals surface area contributed by atoms with E-state index in [2.05, 4.69) is 0 Å². The van der Waals surface area contributed by atoms with Crippen molar-refractivity contribution in [3.8, 4) is 0 Å². The van der Waals surface area contributed by atoms with Crippen LogP contribution in [0.1, 0.15) is 12.0 Å². The van der Waals surface area contributed by atoms with Gasteiger partial charge in [0.1, 0.15) is 0 Å². The molecule has 0 aliphatic carbocycles. The van der Waals surface area contributed by atoms with Crippen LogP contribution in [0, 0.1) is 5.92 Å². The van der Waals surface area contributed by atoms with E-state index in [1.807, 2.05) is 0 Å². The summed E-state index contributed by atoms with van der Waals surface area (Å²) in [6.45, 7) is 0.319. The van der Waals surface area contributed by atoms with Gasteiger partial charge in [-0.15, -0.1) is 0 Å². The third-order valence-corrected chi connectivity index (χ3v) is 5.57. The van der Waals surface area contributed by atoms with Crippen molar-refractivity contribution in [1.82, 2.24) is 4.90 Å². The minimum Gasteiger partial charge on any atom is -0.399 e. The first kappa shape index (κ1) is 15.1. The van der Waals surface area contributed by atoms with Gasteiger partial charge in [-0.05, 0) is 30.2 Å². The van der Waals surface area contributed by atoms with Crippen LogP contribution in [0.5, 0.6) is 0 Å². The zero-order valence-corrected chi connectivity index (χ0v) is 12.7. The Morgan fingerprint density at radius 3 is 2.80 bits per heavy atom. The fourth-order valence-electron chi connectivity index (χ4n) is 2.35. The summed E-state index contributed by atoms with van der Waals surface area (Å²) < 4.78 is 22.8. The van der Waals surface area contributed by atoms with Crippen LogP contribution in [-0.2, 0) is 21.2 Å². The van der Waals surface area contributed by atoms with Gasteiger partial charge >= 0.3 is 0 Å². The fraction of sp³-hybridized carbons (Fsp3) is 0.462. The Morgan fingerprint density at radius 1 is 1.50 bits per heavy atom. The lowest BCUT2D eigenvalue weighted by molar-refractivity contribution is -0.133. The highest BCUT2D eigenvalue weighted by molar-refractivity contribution is 7.91. The van der Waals surface area contributed by atoms with Crippen molar-refractivity contribution in [2.75, 3.05) is 24.3 Å². The zero-order chi connectivity index (χ0) is 14.9. The molecule has 1 heterocycles. The standard InChI is InChI=1S/C13H17ClN2O3S/c1-16(7-10-6-11(15)2-3-12(10)14)13(17)9-4-5-20(18,19)8-9/h2-3,6,9H,4-5,7-8,15H2,1H3. The number of sulfone groups is 1. The first-order valence-electron chi connectivity index (χ1n) is 6.28. The number of amides is 1. The molecule has 1 amide bonds. The summed E-state index contributed by atoms with van der Waals surface area (Å²) in [7, 11) is -1.41. The van der Waals surface area contributed by atoms with E-state index in [0.29, 0.717) is 23.7 Å². The van der Waals surface area contributed by atoms with Gasteiger partial charge in [-0.3, -0.25) is 4.79 Å². The lowest BCUT2D eigenvalue weighted by Gasteiger charge is -2.21. The van der Waals surface area contributed by atoms with Crippen LogP contribution >= 0.6 is 11.6 Å². The predicted molar refractivity (Wildman–Crippen MR) is 79.1 cm³/mol. The number of nitrogens with two attached hydrogens (primary N) is 1. The highest BCUT2D eigenvalue weighted by Crippen LogP contribution is 2.23. The van der Waals surface area contributed by atoms with Gasteiger partial charge in [0.2, 0.25) is 5.91 Å². The number of nitrogen functional groups attached to an aromatic ring is 1. The summed E-state index contributed by atoms with van der Waals surface area (Å²) in [5.41, 5.74) is 7.03. The van der Waals surface area contributed by atoms with E-state index < -0.39 is 15.8 Å². The van der Waals surface area contributed by atoms with Gasteiger partial charge in [-0.2, -0.15) is 0 Å². The van der Waals surface area contributed by atoms with Crippen molar-refractivity contribution in [2.45, 2.75) is 13.0 Å². The molecule has 1 aromatic carbocycles. The monoisotopic (exact) mass is 316 g/mol. The second-order valence-electron chi connectivity index (χ2n) is 5.15. The number of hydrogen-bond donors (Lipinski definition) is 1. The lowest BCUT2D eigenvalue weighted by atomic mass is 10.1. The number of nitrogens with zero attached hydrogens (tertiary/aromatic N) is 1. The van der Waals surface area contributed by atoms with E-state index in [4.69, 9.17) is 17.3 Å². The highest BCUT2D eigenvalue weighted by atomic mass is 35.5. The number of carbonyl (C=O) groups excluding carboxylic acids is 1. The highest BCUT2D eigenvalue weighted by Gasteiger charge is 2.34. The predicted octanol–water partition coefficient (Wildman–Crippen LogP) is 1.32. The molecule has 0 bridgehead atoms. The largest absolute Gasteiger partial charge is 0.399 e. The average Bonchev–Trinajstić information content (AvgIpc) is 2.73. The number of hydrogen-bond acceptors (Lipinski definition) is 4. The summed E-state index contributed by atoms with van der Waals surface area (Å²) in [5, 5.41) is 0.540. The van der Waals surface area contributed by atoms with Gasteiger partial charge in [-0.25, -0.2) is 8.42 Å². The minimum atomic E-state index is -3.06. The smallest absolute Gasteiger partial charge is 0.226 e. The first-order chi connectivity index (χ1) is 9.28. The molecule has 1 aromatic rings. The number of halogens is 1. The number of carbonyl (C=O) groups is 1. The van der Waals surface area contributed by atoms with E-state index in [1.54, 1.807) is 25.2 Å². The van der Waals surface area contributed by atoms with Gasteiger partial charge in [0.05, 0.1) is 17.4 Å². The second kappa shape index (κ2) is 5.61. The Hall–Kier alpha value is -1.27. The third kappa shape index (κ3) is 3.43. The molecule has 1 fully saturated rings. The summed E-state index contributed by atoms with van der Waals surface area (Å²) in [6, 6.07) is 5.10. The molecule has 110 valence electrons. The second-order valence-corrected chi connectivity index (χ2v) is 7.78. The molecule has 0 spiro atoms. The van der Waals surface area contributed by atoms with E-state index >= 15 is 0 Å². The van der Waals surface area contributed by atoms with Crippen LogP contribution in [0.25, 0.3) is 0 Å². The van der Waals surface area contributed by atoms with Crippen LogP contribution in [-0.4, -0.2) is 37.8 Å². The van der Waals surface area contributed by atoms with Crippen molar-refractivity contribution in [3.63, 3.8) is 0 Å². The Bertz CT molecular complexity index is 631. The summed E-state index contributed by atoms with van der Waals surface area (Å²) in [5.74, 6) is -0.564. The molecular formula is C13H17ClN2O3S. The van der Waals surface area contributed by atoms with E-state index in [9.17, 15) is 13.2 Å². The molecule has 1 aliphatic rings. The SMILES string of the molecule is CN(Cc1cc(N)ccc1Cl)C(=O)C1CCS(=O)(=O)C1. The Labute approximate surface area is 123 Å². The molecule has 1 saturated heterocycles. The molecule has 0 saturated carbocycles. The van der Waals surface area contributed by atoms with Crippen LogP contribution < -0.4 is 5.73 Å². The van der Waals surface area contributed by atoms with Gasteiger partial charge in [0.25, 0.3) is 0 Å². The maximum atomic E-state index is 12.2. The first-order valence-corrected chi connectivity index (χ1v) is 8.48. The quantitative estimate of drug-likeness (QED) is 0.853. The van der Waals surface area contributed by atoms with Crippen LogP contribution in [0.3, 0.4) is 0 Å². The summed E-state index contributed by atoms with van der Waals surface area (Å²) >= 11 is 6.06. The van der Waals surface area contributed by atoms with Gasteiger partial charge in [-0.1, -0.05) is 11.6 Å². The van der Waals surface area contributed by atoms with Crippen molar-refractivity contribution in [2.24, 2.45) is 5.92 Å². The van der Waals surface area contributed by atoms with Crippen molar-refractivity contribution >= 4 is 33.0 Å². The minimum absolute atomic E-state index is 0.0547. The normalized spacial score (nSPS) is 20.8. The number of rotatable bonds is 3. The topological polar surface area (TPSA) is 80.5 Å². The molecule has 1 atom stereocenters. The Balaban J connectivity index is 2.06. The van der Waals surface area contributed by atoms with E-state index in [1.165, 1.54) is 4.90 Å². The molecule has 0 radical (unpaired) electrons. The Morgan fingerprint density at radius 2 is 2.20 bits per heavy atom. The molecule has 2 rings (SSSR count). The zero-order valence-electron chi connectivity index (χ0n) is 11.2. The van der Waals surface area contributed by atoms with Crippen LogP contribution in [0.2, 0.25) is 5.02 Å². The van der Waals surface area contributed by atoms with Gasteiger partial charge in [0, 0.05) is 24.3 Å². The third-order valence-electron chi connectivity index (χ3n) is 3.44. The molecular weight excluding hydrogens is 300 g/mol. The number of benzene rings is 1.